The summed E-state index contributed by atoms with van der Waals surface area (Å²) >= 11 is 1.72. The first-order valence-corrected chi connectivity index (χ1v) is 11.5. The van der Waals surface area contributed by atoms with Crippen molar-refractivity contribution in [1.82, 2.24) is 15.1 Å². The van der Waals surface area contributed by atoms with E-state index in [1.165, 1.54) is 17.7 Å². The van der Waals surface area contributed by atoms with Crippen molar-refractivity contribution in [2.24, 2.45) is 4.99 Å². The van der Waals surface area contributed by atoms with Crippen LogP contribution in [0.3, 0.4) is 0 Å². The summed E-state index contributed by atoms with van der Waals surface area (Å²) in [6, 6.07) is 4.15. The third kappa shape index (κ3) is 8.32. The number of thiophene rings is 1. The zero-order chi connectivity index (χ0) is 20.5. The number of rotatable bonds is 7. The Morgan fingerprint density at radius 2 is 2.13 bits per heavy atom. The van der Waals surface area contributed by atoms with Gasteiger partial charge in [-0.2, -0.15) is 0 Å². The number of amides is 1. The van der Waals surface area contributed by atoms with Crippen molar-refractivity contribution in [2.75, 3.05) is 46.9 Å². The Kier molecular flexibility index (Phi) is 11.4. The Hall–Kier alpha value is -0.910. The van der Waals surface area contributed by atoms with Gasteiger partial charge in [0, 0.05) is 38.7 Å². The average molecular weight is 551 g/mol. The van der Waals surface area contributed by atoms with Crippen LogP contribution in [0.5, 0.6) is 0 Å². The predicted molar refractivity (Wildman–Crippen MR) is 132 cm³/mol. The standard InChI is InChI=1S/C21H34N4O3S.HI/c1-24(2)20(26)15-23-21(22-14-19-7-5-13-29-19)25-10-8-17(9-11-25)28-16-18-6-3-4-12-27-18;/h5,7,13,17-18H,3-4,6,8-12,14-16H2,1-2H3,(H,22,23);1H. The van der Waals surface area contributed by atoms with Gasteiger partial charge in [0.15, 0.2) is 5.96 Å². The molecule has 30 heavy (non-hydrogen) atoms. The van der Waals surface area contributed by atoms with Gasteiger partial charge >= 0.3 is 0 Å². The highest BCUT2D eigenvalue weighted by Gasteiger charge is 2.24. The zero-order valence-electron chi connectivity index (χ0n) is 18.0. The highest BCUT2D eigenvalue weighted by Crippen LogP contribution is 2.18. The van der Waals surface area contributed by atoms with E-state index in [1.807, 2.05) is 6.07 Å². The molecule has 1 N–H and O–H groups in total. The van der Waals surface area contributed by atoms with E-state index in [2.05, 4.69) is 26.7 Å². The normalized spacial score (nSPS) is 20.5. The molecule has 0 spiro atoms. The van der Waals surface area contributed by atoms with E-state index in [-0.39, 0.29) is 48.6 Å². The van der Waals surface area contributed by atoms with Crippen molar-refractivity contribution in [3.8, 4) is 0 Å². The molecule has 1 aromatic rings. The number of halogens is 1. The molecule has 1 aromatic heterocycles. The zero-order valence-corrected chi connectivity index (χ0v) is 21.2. The van der Waals surface area contributed by atoms with E-state index < -0.39 is 0 Å². The number of carbonyl (C=O) groups is 1. The van der Waals surface area contributed by atoms with Crippen LogP contribution in [0.1, 0.15) is 37.0 Å². The summed E-state index contributed by atoms with van der Waals surface area (Å²) in [6.45, 7) is 4.22. The van der Waals surface area contributed by atoms with Crippen LogP contribution in [0.2, 0.25) is 0 Å². The second-order valence-electron chi connectivity index (χ2n) is 7.87. The largest absolute Gasteiger partial charge is 0.376 e. The number of piperidine rings is 1. The summed E-state index contributed by atoms with van der Waals surface area (Å²) in [5, 5.41) is 5.51. The third-order valence-corrected chi connectivity index (χ3v) is 6.27. The summed E-state index contributed by atoms with van der Waals surface area (Å²) in [5.41, 5.74) is 0. The summed E-state index contributed by atoms with van der Waals surface area (Å²) in [7, 11) is 3.52. The minimum absolute atomic E-state index is 0. The fraction of sp³-hybridized carbons (Fsp3) is 0.714. The van der Waals surface area contributed by atoms with Crippen LogP contribution in [0, 0.1) is 0 Å². The maximum absolute atomic E-state index is 12.0. The minimum Gasteiger partial charge on any atom is -0.376 e. The Morgan fingerprint density at radius 1 is 1.33 bits per heavy atom. The second-order valence-corrected chi connectivity index (χ2v) is 8.90. The summed E-state index contributed by atoms with van der Waals surface area (Å²) in [6.07, 6.45) is 6.01. The Balaban J connectivity index is 0.00000320. The number of ether oxygens (including phenoxy) is 2. The third-order valence-electron chi connectivity index (χ3n) is 5.40. The molecule has 2 aliphatic rings. The van der Waals surface area contributed by atoms with E-state index in [0.717, 1.165) is 51.5 Å². The monoisotopic (exact) mass is 550 g/mol. The lowest BCUT2D eigenvalue weighted by atomic mass is 10.1. The molecule has 1 amide bonds. The second kappa shape index (κ2) is 13.5. The number of nitrogens with one attached hydrogen (secondary N) is 1. The molecule has 0 saturated carbocycles. The van der Waals surface area contributed by atoms with E-state index >= 15 is 0 Å². The molecule has 0 aromatic carbocycles. The molecule has 1 unspecified atom stereocenters. The van der Waals surface area contributed by atoms with Crippen LogP contribution in [0.15, 0.2) is 22.5 Å². The molecule has 1 atom stereocenters. The molecule has 7 nitrogen and oxygen atoms in total. The van der Waals surface area contributed by atoms with Gasteiger partial charge in [-0.3, -0.25) is 4.79 Å². The predicted octanol–water partition coefficient (Wildman–Crippen LogP) is 2.95. The molecule has 3 rings (SSSR count). The van der Waals surface area contributed by atoms with Crippen molar-refractivity contribution in [2.45, 2.75) is 50.9 Å². The smallest absolute Gasteiger partial charge is 0.243 e. The van der Waals surface area contributed by atoms with Gasteiger partial charge in [0.25, 0.3) is 0 Å². The van der Waals surface area contributed by atoms with Crippen molar-refractivity contribution < 1.29 is 14.3 Å². The first-order chi connectivity index (χ1) is 14.1. The van der Waals surface area contributed by atoms with Gasteiger partial charge in [-0.1, -0.05) is 6.07 Å². The molecule has 9 heteroatoms. The number of aliphatic imine (C=N–C) groups is 1. The van der Waals surface area contributed by atoms with Crippen LogP contribution in [-0.2, 0) is 20.8 Å². The number of carbonyl (C=O) groups excluding carboxylic acids is 1. The van der Waals surface area contributed by atoms with Crippen molar-refractivity contribution >= 4 is 47.2 Å². The molecule has 0 aliphatic carbocycles. The molecular formula is C21H35IN4O3S. The molecule has 2 fully saturated rings. The van der Waals surface area contributed by atoms with E-state index in [9.17, 15) is 4.79 Å². The summed E-state index contributed by atoms with van der Waals surface area (Å²) in [4.78, 5) is 21.7. The van der Waals surface area contributed by atoms with Crippen molar-refractivity contribution in [3.05, 3.63) is 22.4 Å². The molecular weight excluding hydrogens is 515 g/mol. The van der Waals surface area contributed by atoms with Gasteiger partial charge in [-0.25, -0.2) is 4.99 Å². The van der Waals surface area contributed by atoms with E-state index in [4.69, 9.17) is 9.47 Å². The number of likely N-dealkylation sites (N-methyl/N-ethyl adjacent to an activating group) is 1. The Labute approximate surface area is 201 Å². The van der Waals surface area contributed by atoms with Gasteiger partial charge in [0.05, 0.1) is 25.4 Å². The van der Waals surface area contributed by atoms with Gasteiger partial charge in [0.2, 0.25) is 5.91 Å². The molecule has 0 radical (unpaired) electrons. The SMILES string of the molecule is CN(C)C(=O)CN=C(NCc1cccs1)N1CCC(OCC2CCCCO2)CC1.I. The first kappa shape index (κ1) is 25.4. The quantitative estimate of drug-likeness (QED) is 0.322. The fourth-order valence-corrected chi connectivity index (χ4v) is 4.19. The number of likely N-dealkylation sites (tertiary alicyclic amines) is 1. The van der Waals surface area contributed by atoms with Crippen molar-refractivity contribution in [3.63, 3.8) is 0 Å². The number of hydrogen-bond acceptors (Lipinski definition) is 5. The van der Waals surface area contributed by atoms with Gasteiger partial charge < -0.3 is 24.6 Å². The van der Waals surface area contributed by atoms with Gasteiger partial charge in [-0.05, 0) is 43.6 Å². The molecule has 2 saturated heterocycles. The summed E-state index contributed by atoms with van der Waals surface area (Å²) in [5.74, 6) is 0.814. The summed E-state index contributed by atoms with van der Waals surface area (Å²) < 4.78 is 11.9. The number of hydrogen-bond donors (Lipinski definition) is 1. The van der Waals surface area contributed by atoms with Gasteiger partial charge in [-0.15, -0.1) is 35.3 Å². The topological polar surface area (TPSA) is 66.4 Å². The van der Waals surface area contributed by atoms with Gasteiger partial charge in [0.1, 0.15) is 6.54 Å². The average Bonchev–Trinajstić information content (AvgIpc) is 3.27. The lowest BCUT2D eigenvalue weighted by molar-refractivity contribution is -0.127. The van der Waals surface area contributed by atoms with Crippen LogP contribution in [0.25, 0.3) is 0 Å². The number of guanidine groups is 1. The fourth-order valence-electron chi connectivity index (χ4n) is 3.55. The molecule has 3 heterocycles. The molecule has 2 aliphatic heterocycles. The Bertz CT molecular complexity index is 643. The number of nitrogens with zero attached hydrogens (tertiary/aromatic N) is 3. The van der Waals surface area contributed by atoms with Crippen LogP contribution in [0.4, 0.5) is 0 Å². The minimum atomic E-state index is 0. The lowest BCUT2D eigenvalue weighted by Gasteiger charge is -2.35. The maximum Gasteiger partial charge on any atom is 0.243 e. The maximum atomic E-state index is 12.0. The first-order valence-electron chi connectivity index (χ1n) is 10.6. The van der Waals surface area contributed by atoms with Crippen molar-refractivity contribution in [1.29, 1.82) is 0 Å². The highest BCUT2D eigenvalue weighted by atomic mass is 127. The van der Waals surface area contributed by atoms with Crippen LogP contribution >= 0.6 is 35.3 Å². The van der Waals surface area contributed by atoms with Crippen LogP contribution < -0.4 is 5.32 Å². The Morgan fingerprint density at radius 3 is 2.77 bits per heavy atom. The van der Waals surface area contributed by atoms with E-state index in [0.29, 0.717) is 6.61 Å². The lowest BCUT2D eigenvalue weighted by Crippen LogP contribution is -2.47. The highest BCUT2D eigenvalue weighted by molar-refractivity contribution is 14.0. The van der Waals surface area contributed by atoms with Crippen LogP contribution in [-0.4, -0.2) is 80.8 Å². The van der Waals surface area contributed by atoms with E-state index in [1.54, 1.807) is 30.3 Å². The molecule has 0 bridgehead atoms. The molecule has 170 valence electrons.